The van der Waals surface area contributed by atoms with Gasteiger partial charge in [-0.25, -0.2) is 0 Å². The third-order valence-corrected chi connectivity index (χ3v) is 6.38. The van der Waals surface area contributed by atoms with E-state index >= 15 is 0 Å². The Bertz CT molecular complexity index is 878. The van der Waals surface area contributed by atoms with Gasteiger partial charge in [-0.1, -0.05) is 23.7 Å². The van der Waals surface area contributed by atoms with E-state index < -0.39 is 0 Å². The van der Waals surface area contributed by atoms with Gasteiger partial charge < -0.3 is 19.7 Å². The lowest BCUT2D eigenvalue weighted by molar-refractivity contribution is -0.00835. The summed E-state index contributed by atoms with van der Waals surface area (Å²) in [5.41, 5.74) is 2.34. The van der Waals surface area contributed by atoms with Crippen molar-refractivity contribution in [2.45, 2.75) is 24.4 Å². The molecule has 8 heteroatoms. The Labute approximate surface area is 183 Å². The van der Waals surface area contributed by atoms with Gasteiger partial charge in [0.05, 0.1) is 19.3 Å². The number of aryl methyl sites for hydroxylation is 1. The van der Waals surface area contributed by atoms with E-state index in [9.17, 15) is 0 Å². The maximum Gasteiger partial charge on any atom is 0.193 e. The van der Waals surface area contributed by atoms with E-state index in [1.54, 1.807) is 0 Å². The molecule has 0 saturated carbocycles. The summed E-state index contributed by atoms with van der Waals surface area (Å²) < 4.78 is 13.5. The quantitative estimate of drug-likeness (QED) is 0.595. The Morgan fingerprint density at radius 2 is 2.17 bits per heavy atom. The first-order chi connectivity index (χ1) is 14.6. The normalized spacial score (nSPS) is 22.2. The molecule has 1 aromatic heterocycles. The molecule has 2 saturated heterocycles. The van der Waals surface area contributed by atoms with Gasteiger partial charge >= 0.3 is 0 Å². The van der Waals surface area contributed by atoms with E-state index in [-0.39, 0.29) is 11.5 Å². The molecule has 30 heavy (non-hydrogen) atoms. The molecular weight excluding hydrogens is 402 g/mol. The summed E-state index contributed by atoms with van der Waals surface area (Å²) >= 11 is 6.31. The molecule has 162 valence electrons. The fourth-order valence-electron chi connectivity index (χ4n) is 4.38. The SMILES string of the molecule is CN=C(NCC1(c2cccc(Cl)c2)CCOCC1)N1CCOC(c2cnn(C)c2)C1. The predicted octanol–water partition coefficient (Wildman–Crippen LogP) is 2.77. The Morgan fingerprint density at radius 1 is 1.33 bits per heavy atom. The van der Waals surface area contributed by atoms with E-state index in [2.05, 4.69) is 32.4 Å². The summed E-state index contributed by atoms with van der Waals surface area (Å²) in [6.07, 6.45) is 5.80. The Morgan fingerprint density at radius 3 is 2.87 bits per heavy atom. The minimum atomic E-state index is -0.0197. The molecule has 0 spiro atoms. The highest BCUT2D eigenvalue weighted by Crippen LogP contribution is 2.35. The molecule has 0 bridgehead atoms. The summed E-state index contributed by atoms with van der Waals surface area (Å²) in [5.74, 6) is 0.903. The lowest BCUT2D eigenvalue weighted by Gasteiger charge is -2.40. The van der Waals surface area contributed by atoms with Crippen molar-refractivity contribution in [3.63, 3.8) is 0 Å². The zero-order chi connectivity index (χ0) is 21.0. The molecule has 3 heterocycles. The Hall–Kier alpha value is -2.09. The fraction of sp³-hybridized carbons (Fsp3) is 0.545. The number of aliphatic imine (C=N–C) groups is 1. The highest BCUT2D eigenvalue weighted by atomic mass is 35.5. The second kappa shape index (κ2) is 9.37. The zero-order valence-corrected chi connectivity index (χ0v) is 18.4. The van der Waals surface area contributed by atoms with E-state index in [1.165, 1.54) is 5.56 Å². The largest absolute Gasteiger partial charge is 0.381 e. The van der Waals surface area contributed by atoms with Crippen LogP contribution in [0, 0.1) is 0 Å². The van der Waals surface area contributed by atoms with Gasteiger partial charge in [0.25, 0.3) is 0 Å². The standard InChI is InChI=1S/C22H30ClN5O2/c1-24-21(28-8-11-30-20(15-28)17-13-26-27(2)14-17)25-16-22(6-9-29-10-7-22)18-4-3-5-19(23)12-18/h3-5,12-14,20H,6-11,15-16H2,1-2H3,(H,24,25). The number of nitrogens with zero attached hydrogens (tertiary/aromatic N) is 4. The molecule has 1 atom stereocenters. The molecule has 2 fully saturated rings. The van der Waals surface area contributed by atoms with Crippen molar-refractivity contribution in [3.8, 4) is 0 Å². The number of aromatic nitrogens is 2. The van der Waals surface area contributed by atoms with Crippen molar-refractivity contribution in [3.05, 3.63) is 52.8 Å². The van der Waals surface area contributed by atoms with Crippen LogP contribution in [-0.2, 0) is 21.9 Å². The Balaban J connectivity index is 1.47. The lowest BCUT2D eigenvalue weighted by Crippen LogP contribution is -2.52. The topological polar surface area (TPSA) is 63.9 Å². The van der Waals surface area contributed by atoms with Gasteiger partial charge in [0.15, 0.2) is 5.96 Å². The molecule has 2 aromatic rings. The van der Waals surface area contributed by atoms with Crippen LogP contribution in [0.3, 0.4) is 0 Å². The second-order valence-electron chi connectivity index (χ2n) is 8.06. The van der Waals surface area contributed by atoms with Gasteiger partial charge in [0.1, 0.15) is 6.10 Å². The van der Waals surface area contributed by atoms with Crippen molar-refractivity contribution in [2.75, 3.05) is 46.5 Å². The lowest BCUT2D eigenvalue weighted by atomic mass is 9.74. The minimum Gasteiger partial charge on any atom is -0.381 e. The molecule has 0 radical (unpaired) electrons. The average molecular weight is 432 g/mol. The van der Waals surface area contributed by atoms with Crippen LogP contribution in [0.15, 0.2) is 41.7 Å². The van der Waals surface area contributed by atoms with Crippen molar-refractivity contribution in [1.82, 2.24) is 20.0 Å². The summed E-state index contributed by atoms with van der Waals surface area (Å²) in [4.78, 5) is 6.84. The molecule has 7 nitrogen and oxygen atoms in total. The second-order valence-corrected chi connectivity index (χ2v) is 8.49. The number of morpholine rings is 1. The first-order valence-corrected chi connectivity index (χ1v) is 10.9. The van der Waals surface area contributed by atoms with Crippen molar-refractivity contribution in [1.29, 1.82) is 0 Å². The van der Waals surface area contributed by atoms with Crippen LogP contribution in [0.25, 0.3) is 0 Å². The maximum absolute atomic E-state index is 6.31. The molecule has 1 N–H and O–H groups in total. The third-order valence-electron chi connectivity index (χ3n) is 6.15. The van der Waals surface area contributed by atoms with Crippen LogP contribution >= 0.6 is 11.6 Å². The number of nitrogens with one attached hydrogen (secondary N) is 1. The number of hydrogen-bond acceptors (Lipinski definition) is 4. The molecule has 1 aromatic carbocycles. The van der Waals surface area contributed by atoms with Crippen LogP contribution in [0.1, 0.15) is 30.1 Å². The number of hydrogen-bond donors (Lipinski definition) is 1. The summed E-state index contributed by atoms with van der Waals surface area (Å²) in [6, 6.07) is 8.22. The zero-order valence-electron chi connectivity index (χ0n) is 17.7. The first-order valence-electron chi connectivity index (χ1n) is 10.5. The molecule has 0 amide bonds. The highest BCUT2D eigenvalue weighted by Gasteiger charge is 2.35. The van der Waals surface area contributed by atoms with Crippen LogP contribution in [0.5, 0.6) is 0 Å². The van der Waals surface area contributed by atoms with Crippen LogP contribution < -0.4 is 5.32 Å². The van der Waals surface area contributed by atoms with E-state index in [0.717, 1.165) is 62.2 Å². The average Bonchev–Trinajstić information content (AvgIpc) is 3.21. The monoisotopic (exact) mass is 431 g/mol. The summed E-state index contributed by atoms with van der Waals surface area (Å²) in [5, 5.41) is 8.70. The number of halogens is 1. The van der Waals surface area contributed by atoms with Gasteiger partial charge in [0.2, 0.25) is 0 Å². The van der Waals surface area contributed by atoms with Crippen molar-refractivity contribution >= 4 is 17.6 Å². The summed E-state index contributed by atoms with van der Waals surface area (Å²) in [7, 11) is 3.76. The summed E-state index contributed by atoms with van der Waals surface area (Å²) in [6.45, 7) is 4.52. The van der Waals surface area contributed by atoms with Gasteiger partial charge in [-0.3, -0.25) is 9.67 Å². The van der Waals surface area contributed by atoms with Gasteiger partial charge in [0, 0.05) is 62.6 Å². The van der Waals surface area contributed by atoms with Gasteiger partial charge in [-0.05, 0) is 30.5 Å². The van der Waals surface area contributed by atoms with E-state index in [0.29, 0.717) is 6.61 Å². The van der Waals surface area contributed by atoms with Gasteiger partial charge in [-0.15, -0.1) is 0 Å². The third kappa shape index (κ3) is 4.63. The van der Waals surface area contributed by atoms with Crippen LogP contribution in [-0.4, -0.2) is 67.1 Å². The van der Waals surface area contributed by atoms with E-state index in [1.807, 2.05) is 43.3 Å². The first kappa shape index (κ1) is 21.2. The van der Waals surface area contributed by atoms with Crippen LogP contribution in [0.4, 0.5) is 0 Å². The molecule has 4 rings (SSSR count). The molecule has 2 aliphatic heterocycles. The number of benzene rings is 1. The molecule has 0 aliphatic carbocycles. The molecule has 1 unspecified atom stereocenters. The Kier molecular flexibility index (Phi) is 6.61. The predicted molar refractivity (Wildman–Crippen MR) is 118 cm³/mol. The van der Waals surface area contributed by atoms with Gasteiger partial charge in [-0.2, -0.15) is 5.10 Å². The molecular formula is C22H30ClN5O2. The minimum absolute atomic E-state index is 0.00373. The molecule has 2 aliphatic rings. The number of ether oxygens (including phenoxy) is 2. The fourth-order valence-corrected chi connectivity index (χ4v) is 4.57. The van der Waals surface area contributed by atoms with Crippen molar-refractivity contribution < 1.29 is 9.47 Å². The number of guanidine groups is 1. The maximum atomic E-state index is 6.31. The van der Waals surface area contributed by atoms with E-state index in [4.69, 9.17) is 21.1 Å². The van der Waals surface area contributed by atoms with Crippen LogP contribution in [0.2, 0.25) is 5.02 Å². The van der Waals surface area contributed by atoms with Crippen molar-refractivity contribution in [2.24, 2.45) is 12.0 Å². The smallest absolute Gasteiger partial charge is 0.193 e. The highest BCUT2D eigenvalue weighted by molar-refractivity contribution is 6.30. The number of rotatable bonds is 4.